The van der Waals surface area contributed by atoms with Crippen molar-refractivity contribution >= 4 is 10.0 Å². The Hall–Kier alpha value is -2.21. The first-order chi connectivity index (χ1) is 11.9. The van der Waals surface area contributed by atoms with Crippen LogP contribution in [0.15, 0.2) is 45.9 Å². The van der Waals surface area contributed by atoms with Crippen LogP contribution in [0.3, 0.4) is 0 Å². The van der Waals surface area contributed by atoms with E-state index in [-0.39, 0.29) is 23.0 Å². The van der Waals surface area contributed by atoms with Crippen LogP contribution in [-0.4, -0.2) is 33.0 Å². The second-order valence-electron chi connectivity index (χ2n) is 5.36. The third-order valence-electron chi connectivity index (χ3n) is 3.96. The zero-order valence-electron chi connectivity index (χ0n) is 14.1. The van der Waals surface area contributed by atoms with Gasteiger partial charge in [0.1, 0.15) is 17.6 Å². The van der Waals surface area contributed by atoms with Gasteiger partial charge in [-0.15, -0.1) is 0 Å². The molecule has 1 heterocycles. The van der Waals surface area contributed by atoms with Gasteiger partial charge in [0.25, 0.3) is 0 Å². The zero-order chi connectivity index (χ0) is 18.4. The topological polar surface area (TPSA) is 86.3 Å². The smallest absolute Gasteiger partial charge is 0.240 e. The van der Waals surface area contributed by atoms with Crippen molar-refractivity contribution in [1.29, 1.82) is 5.26 Å². The average Bonchev–Trinajstić information content (AvgIpc) is 3.13. The van der Waals surface area contributed by atoms with E-state index in [1.54, 1.807) is 24.5 Å². The third-order valence-corrected chi connectivity index (χ3v) is 5.38. The minimum Gasteiger partial charge on any atom is -0.468 e. The fourth-order valence-corrected chi connectivity index (χ4v) is 3.65. The fraction of sp³-hybridized carbons (Fsp3) is 0.353. The summed E-state index contributed by atoms with van der Waals surface area (Å²) in [6.45, 7) is 5.49. The Bertz CT molecular complexity index is 841. The molecular formula is C17H20FN3O3S. The highest BCUT2D eigenvalue weighted by atomic mass is 32.2. The molecule has 0 bridgehead atoms. The third kappa shape index (κ3) is 4.45. The molecule has 6 nitrogen and oxygen atoms in total. The minimum atomic E-state index is -3.88. The number of hydrogen-bond acceptors (Lipinski definition) is 5. The summed E-state index contributed by atoms with van der Waals surface area (Å²) in [4.78, 5) is 1.91. The molecule has 1 aromatic heterocycles. The molecule has 0 radical (unpaired) electrons. The van der Waals surface area contributed by atoms with Crippen LogP contribution in [0.25, 0.3) is 0 Å². The van der Waals surface area contributed by atoms with E-state index in [0.717, 1.165) is 31.3 Å². The van der Waals surface area contributed by atoms with E-state index in [0.29, 0.717) is 5.76 Å². The lowest BCUT2D eigenvalue weighted by Gasteiger charge is -2.28. The first-order valence-corrected chi connectivity index (χ1v) is 9.38. The molecular weight excluding hydrogens is 345 g/mol. The second kappa shape index (κ2) is 8.25. The van der Waals surface area contributed by atoms with Crippen LogP contribution in [0, 0.1) is 17.1 Å². The monoisotopic (exact) mass is 365 g/mol. The van der Waals surface area contributed by atoms with Gasteiger partial charge in [0.15, 0.2) is 0 Å². The molecule has 25 heavy (non-hydrogen) atoms. The van der Waals surface area contributed by atoms with E-state index in [1.165, 1.54) is 0 Å². The van der Waals surface area contributed by atoms with Crippen LogP contribution in [0.1, 0.15) is 31.2 Å². The van der Waals surface area contributed by atoms with Crippen LogP contribution in [0.4, 0.5) is 4.39 Å². The van der Waals surface area contributed by atoms with Gasteiger partial charge in [0, 0.05) is 6.54 Å². The van der Waals surface area contributed by atoms with Crippen LogP contribution in [-0.2, 0) is 10.0 Å². The number of benzene rings is 1. The lowest BCUT2D eigenvalue weighted by atomic mass is 10.2. The van der Waals surface area contributed by atoms with Crippen LogP contribution >= 0.6 is 0 Å². The highest BCUT2D eigenvalue weighted by Gasteiger charge is 2.24. The number of nitriles is 1. The number of halogens is 1. The van der Waals surface area contributed by atoms with E-state index in [2.05, 4.69) is 9.62 Å². The summed E-state index contributed by atoms with van der Waals surface area (Å²) in [5.74, 6) is -0.0960. The number of nitrogens with one attached hydrogen (secondary N) is 1. The molecule has 2 rings (SSSR count). The predicted octanol–water partition coefficient (Wildman–Crippen LogP) is 2.65. The van der Waals surface area contributed by atoms with Crippen molar-refractivity contribution in [1.82, 2.24) is 9.62 Å². The van der Waals surface area contributed by atoms with E-state index < -0.39 is 15.8 Å². The van der Waals surface area contributed by atoms with Crippen LogP contribution < -0.4 is 4.72 Å². The molecule has 1 aromatic carbocycles. The van der Waals surface area contributed by atoms with Crippen molar-refractivity contribution < 1.29 is 17.2 Å². The SMILES string of the molecule is CCN(CC)C(CNS(=O)(=O)c1ccc(F)c(C#N)c1)c1ccco1. The van der Waals surface area contributed by atoms with Gasteiger partial charge in [0.05, 0.1) is 22.8 Å². The van der Waals surface area contributed by atoms with Crippen molar-refractivity contribution in [3.8, 4) is 6.07 Å². The van der Waals surface area contributed by atoms with Gasteiger partial charge in [-0.3, -0.25) is 4.90 Å². The largest absolute Gasteiger partial charge is 0.468 e. The van der Waals surface area contributed by atoms with Gasteiger partial charge in [0.2, 0.25) is 10.0 Å². The standard InChI is InChI=1S/C17H20FN3O3S/c1-3-21(4-2)16(17-6-5-9-24-17)12-20-25(22,23)14-7-8-15(18)13(10-14)11-19/h5-10,16,20H,3-4,12H2,1-2H3. The molecule has 8 heteroatoms. The first-order valence-electron chi connectivity index (χ1n) is 7.89. The molecule has 0 amide bonds. The number of likely N-dealkylation sites (N-methyl/N-ethyl adjacent to an activating group) is 1. The minimum absolute atomic E-state index is 0.0940. The molecule has 0 fully saturated rings. The van der Waals surface area contributed by atoms with Crippen molar-refractivity contribution in [2.24, 2.45) is 0 Å². The Morgan fingerprint density at radius 3 is 2.60 bits per heavy atom. The maximum atomic E-state index is 13.4. The number of furan rings is 1. The Labute approximate surface area is 146 Å². The van der Waals surface area contributed by atoms with Crippen molar-refractivity contribution in [2.45, 2.75) is 24.8 Å². The highest BCUT2D eigenvalue weighted by Crippen LogP contribution is 2.21. The lowest BCUT2D eigenvalue weighted by molar-refractivity contribution is 0.194. The predicted molar refractivity (Wildman–Crippen MR) is 90.7 cm³/mol. The van der Waals surface area contributed by atoms with E-state index in [1.807, 2.05) is 13.8 Å². The van der Waals surface area contributed by atoms with Crippen molar-refractivity contribution in [3.63, 3.8) is 0 Å². The van der Waals surface area contributed by atoms with E-state index >= 15 is 0 Å². The molecule has 1 N–H and O–H groups in total. The Kier molecular flexibility index (Phi) is 6.31. The van der Waals surface area contributed by atoms with Gasteiger partial charge in [-0.2, -0.15) is 5.26 Å². The number of hydrogen-bond donors (Lipinski definition) is 1. The van der Waals surface area contributed by atoms with Gasteiger partial charge >= 0.3 is 0 Å². The van der Waals surface area contributed by atoms with Gasteiger partial charge < -0.3 is 4.42 Å². The molecule has 0 aliphatic carbocycles. The Balaban J connectivity index is 2.23. The summed E-state index contributed by atoms with van der Waals surface area (Å²) < 4.78 is 46.3. The summed E-state index contributed by atoms with van der Waals surface area (Å²) in [6, 6.07) is 8.05. The van der Waals surface area contributed by atoms with Gasteiger partial charge in [-0.05, 0) is 43.4 Å². The summed E-state index contributed by atoms with van der Waals surface area (Å²) in [5, 5.41) is 8.86. The van der Waals surface area contributed by atoms with E-state index in [9.17, 15) is 12.8 Å². The molecule has 0 spiro atoms. The second-order valence-corrected chi connectivity index (χ2v) is 7.12. The first kappa shape index (κ1) is 19.1. The molecule has 0 saturated heterocycles. The molecule has 2 aromatic rings. The molecule has 1 atom stereocenters. The summed E-state index contributed by atoms with van der Waals surface area (Å²) in [7, 11) is -3.88. The van der Waals surface area contributed by atoms with Crippen LogP contribution in [0.5, 0.6) is 0 Å². The van der Waals surface area contributed by atoms with Gasteiger partial charge in [-0.1, -0.05) is 13.8 Å². The molecule has 134 valence electrons. The normalized spacial score (nSPS) is 12.9. The average molecular weight is 365 g/mol. The molecule has 0 aliphatic heterocycles. The summed E-state index contributed by atoms with van der Waals surface area (Å²) in [5.41, 5.74) is -0.311. The maximum Gasteiger partial charge on any atom is 0.240 e. The van der Waals surface area contributed by atoms with Crippen molar-refractivity contribution in [2.75, 3.05) is 19.6 Å². The number of rotatable bonds is 8. The van der Waals surface area contributed by atoms with E-state index in [4.69, 9.17) is 9.68 Å². The zero-order valence-corrected chi connectivity index (χ0v) is 14.9. The maximum absolute atomic E-state index is 13.4. The molecule has 0 saturated carbocycles. The summed E-state index contributed by atoms with van der Waals surface area (Å²) in [6.07, 6.45) is 1.54. The van der Waals surface area contributed by atoms with Gasteiger partial charge in [-0.25, -0.2) is 17.5 Å². The highest BCUT2D eigenvalue weighted by molar-refractivity contribution is 7.89. The quantitative estimate of drug-likeness (QED) is 0.777. The summed E-state index contributed by atoms with van der Waals surface area (Å²) >= 11 is 0. The Morgan fingerprint density at radius 2 is 2.04 bits per heavy atom. The fourth-order valence-electron chi connectivity index (χ4n) is 2.58. The Morgan fingerprint density at radius 1 is 1.32 bits per heavy atom. The number of nitrogens with zero attached hydrogens (tertiary/aromatic N) is 2. The number of sulfonamides is 1. The molecule has 0 aliphatic rings. The molecule has 1 unspecified atom stereocenters. The van der Waals surface area contributed by atoms with Crippen molar-refractivity contribution in [3.05, 3.63) is 53.7 Å². The lowest BCUT2D eigenvalue weighted by Crippen LogP contribution is -2.37. The van der Waals surface area contributed by atoms with Crippen LogP contribution in [0.2, 0.25) is 0 Å².